The van der Waals surface area contributed by atoms with Gasteiger partial charge in [-0.2, -0.15) is 9.65 Å². The highest BCUT2D eigenvalue weighted by molar-refractivity contribution is 5.65. The molecule has 0 saturated heterocycles. The molecule has 0 amide bonds. The van der Waals surface area contributed by atoms with Gasteiger partial charge in [0.1, 0.15) is 6.07 Å². The van der Waals surface area contributed by atoms with Crippen LogP contribution in [0.4, 0.5) is 4.39 Å². The summed E-state index contributed by atoms with van der Waals surface area (Å²) in [6.45, 7) is 0. The summed E-state index contributed by atoms with van der Waals surface area (Å²) in [5.74, 6) is -0.548. The van der Waals surface area contributed by atoms with Crippen LogP contribution in [0, 0.1) is 17.3 Å². The highest BCUT2D eigenvalue weighted by Gasteiger charge is 2.05. The van der Waals surface area contributed by atoms with Gasteiger partial charge in [-0.15, -0.1) is 0 Å². The summed E-state index contributed by atoms with van der Waals surface area (Å²) in [4.78, 5) is 7.58. The zero-order valence-corrected chi connectivity index (χ0v) is 7.68. The molecule has 0 atom stereocenters. The lowest BCUT2D eigenvalue weighted by molar-refractivity contribution is 0.584. The first kappa shape index (κ1) is 9.28. The zero-order chi connectivity index (χ0) is 10.7. The third-order valence-electron chi connectivity index (χ3n) is 1.93. The van der Waals surface area contributed by atoms with E-state index in [4.69, 9.17) is 5.26 Å². The van der Waals surface area contributed by atoms with E-state index in [1.165, 1.54) is 12.3 Å². The number of hydrogen-bond donors (Lipinski definition) is 0. The van der Waals surface area contributed by atoms with Gasteiger partial charge in [0.2, 0.25) is 5.95 Å². The van der Waals surface area contributed by atoms with Gasteiger partial charge in [-0.05, 0) is 24.3 Å². The van der Waals surface area contributed by atoms with Crippen LogP contribution in [0.2, 0.25) is 0 Å². The lowest BCUT2D eigenvalue weighted by Gasteiger charge is -2.01. The second-order valence-electron chi connectivity index (χ2n) is 2.88. The fourth-order valence-corrected chi connectivity index (χ4v) is 1.24. The molecule has 2 heterocycles. The van der Waals surface area contributed by atoms with E-state index in [0.717, 1.165) is 0 Å². The minimum atomic E-state index is -0.548. The third-order valence-corrected chi connectivity index (χ3v) is 1.93. The molecule has 3 nitrogen and oxygen atoms in total. The Hall–Kier alpha value is -2.28. The average molecular weight is 199 g/mol. The van der Waals surface area contributed by atoms with Crippen molar-refractivity contribution in [2.75, 3.05) is 0 Å². The topological polar surface area (TPSA) is 49.6 Å². The first-order valence-corrected chi connectivity index (χ1v) is 4.28. The predicted molar refractivity (Wildman–Crippen MR) is 52.1 cm³/mol. The van der Waals surface area contributed by atoms with Crippen LogP contribution in [-0.4, -0.2) is 9.97 Å². The van der Waals surface area contributed by atoms with Crippen LogP contribution in [0.1, 0.15) is 5.56 Å². The van der Waals surface area contributed by atoms with Gasteiger partial charge in [-0.3, -0.25) is 4.98 Å². The van der Waals surface area contributed by atoms with Crippen LogP contribution in [0.5, 0.6) is 0 Å². The maximum absolute atomic E-state index is 12.6. The largest absolute Gasteiger partial charge is 0.255 e. The van der Waals surface area contributed by atoms with Gasteiger partial charge in [-0.25, -0.2) is 4.98 Å². The van der Waals surface area contributed by atoms with Crippen LogP contribution in [-0.2, 0) is 0 Å². The molecule has 2 aromatic rings. The number of rotatable bonds is 1. The minimum absolute atomic E-state index is 0.450. The summed E-state index contributed by atoms with van der Waals surface area (Å²) >= 11 is 0. The molecule has 4 heteroatoms. The van der Waals surface area contributed by atoms with Gasteiger partial charge >= 0.3 is 0 Å². The number of halogens is 1. The van der Waals surface area contributed by atoms with E-state index in [0.29, 0.717) is 16.8 Å². The number of hydrogen-bond acceptors (Lipinski definition) is 3. The third kappa shape index (κ3) is 1.81. The van der Waals surface area contributed by atoms with Gasteiger partial charge in [0, 0.05) is 18.0 Å². The smallest absolute Gasteiger partial charge is 0.212 e. The highest BCUT2D eigenvalue weighted by Crippen LogP contribution is 2.19. The summed E-state index contributed by atoms with van der Waals surface area (Å²) in [6, 6.07) is 8.15. The SMILES string of the molecule is N#Cc1cccnc1-c1ccc(F)nc1. The summed E-state index contributed by atoms with van der Waals surface area (Å²) in [5, 5.41) is 8.85. The van der Waals surface area contributed by atoms with E-state index in [1.54, 1.807) is 24.4 Å². The summed E-state index contributed by atoms with van der Waals surface area (Å²) in [6.07, 6.45) is 2.94. The molecule has 0 spiro atoms. The first-order valence-electron chi connectivity index (χ1n) is 4.28. The first-order chi connectivity index (χ1) is 7.31. The summed E-state index contributed by atoms with van der Waals surface area (Å²) < 4.78 is 12.6. The fraction of sp³-hybridized carbons (Fsp3) is 0. The molecule has 2 rings (SSSR count). The second kappa shape index (κ2) is 3.84. The normalized spacial score (nSPS) is 9.60. The van der Waals surface area contributed by atoms with Gasteiger partial charge in [0.25, 0.3) is 0 Å². The van der Waals surface area contributed by atoms with Crippen LogP contribution in [0.15, 0.2) is 36.7 Å². The number of nitrogens with zero attached hydrogens (tertiary/aromatic N) is 3. The Kier molecular flexibility index (Phi) is 2.38. The van der Waals surface area contributed by atoms with Crippen molar-refractivity contribution in [1.29, 1.82) is 5.26 Å². The molecular weight excluding hydrogens is 193 g/mol. The van der Waals surface area contributed by atoms with Crippen molar-refractivity contribution in [3.05, 3.63) is 48.2 Å². The van der Waals surface area contributed by atoms with E-state index in [-0.39, 0.29) is 0 Å². The van der Waals surface area contributed by atoms with E-state index in [9.17, 15) is 4.39 Å². The van der Waals surface area contributed by atoms with Crippen molar-refractivity contribution in [1.82, 2.24) is 9.97 Å². The van der Waals surface area contributed by atoms with E-state index < -0.39 is 5.95 Å². The number of nitriles is 1. The lowest BCUT2D eigenvalue weighted by Crippen LogP contribution is -1.90. The van der Waals surface area contributed by atoms with Gasteiger partial charge < -0.3 is 0 Å². The molecule has 15 heavy (non-hydrogen) atoms. The van der Waals surface area contributed by atoms with Crippen molar-refractivity contribution >= 4 is 0 Å². The lowest BCUT2D eigenvalue weighted by atomic mass is 10.1. The van der Waals surface area contributed by atoms with Crippen molar-refractivity contribution < 1.29 is 4.39 Å². The Morgan fingerprint density at radius 1 is 1.20 bits per heavy atom. The maximum Gasteiger partial charge on any atom is 0.212 e. The van der Waals surface area contributed by atoms with Crippen LogP contribution < -0.4 is 0 Å². The molecule has 0 radical (unpaired) electrons. The standard InChI is InChI=1S/C11H6FN3/c12-10-4-3-9(7-15-10)11-8(6-13)2-1-5-14-11/h1-5,7H. The molecule has 0 N–H and O–H groups in total. The highest BCUT2D eigenvalue weighted by atomic mass is 19.1. The Bertz CT molecular complexity index is 514. The van der Waals surface area contributed by atoms with E-state index in [1.807, 2.05) is 6.07 Å². The molecule has 0 fully saturated rings. The molecule has 2 aromatic heterocycles. The number of pyridine rings is 2. The average Bonchev–Trinajstić information content (AvgIpc) is 2.30. The molecule has 0 aliphatic carbocycles. The van der Waals surface area contributed by atoms with Crippen LogP contribution in [0.3, 0.4) is 0 Å². The van der Waals surface area contributed by atoms with Gasteiger partial charge in [-0.1, -0.05) is 0 Å². The molecule has 0 bridgehead atoms. The minimum Gasteiger partial charge on any atom is -0.255 e. The van der Waals surface area contributed by atoms with E-state index in [2.05, 4.69) is 9.97 Å². The van der Waals surface area contributed by atoms with Crippen molar-refractivity contribution in [2.24, 2.45) is 0 Å². The Labute approximate surface area is 85.9 Å². The summed E-state index contributed by atoms with van der Waals surface area (Å²) in [7, 11) is 0. The number of aromatic nitrogens is 2. The Balaban J connectivity index is 2.55. The molecular formula is C11H6FN3. The van der Waals surface area contributed by atoms with Gasteiger partial charge in [0.15, 0.2) is 0 Å². The van der Waals surface area contributed by atoms with Crippen molar-refractivity contribution in [3.63, 3.8) is 0 Å². The predicted octanol–water partition coefficient (Wildman–Crippen LogP) is 2.15. The van der Waals surface area contributed by atoms with E-state index >= 15 is 0 Å². The van der Waals surface area contributed by atoms with Gasteiger partial charge in [0.05, 0.1) is 11.3 Å². The molecule has 0 aromatic carbocycles. The second-order valence-corrected chi connectivity index (χ2v) is 2.88. The van der Waals surface area contributed by atoms with Crippen LogP contribution >= 0.6 is 0 Å². The maximum atomic E-state index is 12.6. The molecule has 0 unspecified atom stereocenters. The molecule has 0 aliphatic heterocycles. The van der Waals surface area contributed by atoms with Crippen molar-refractivity contribution in [2.45, 2.75) is 0 Å². The zero-order valence-electron chi connectivity index (χ0n) is 7.68. The Morgan fingerprint density at radius 3 is 2.73 bits per heavy atom. The summed E-state index contributed by atoms with van der Waals surface area (Å²) in [5.41, 5.74) is 1.60. The van der Waals surface area contributed by atoms with Crippen LogP contribution in [0.25, 0.3) is 11.3 Å². The quantitative estimate of drug-likeness (QED) is 0.661. The van der Waals surface area contributed by atoms with Crippen molar-refractivity contribution in [3.8, 4) is 17.3 Å². The fourth-order valence-electron chi connectivity index (χ4n) is 1.24. The molecule has 72 valence electrons. The molecule has 0 saturated carbocycles. The molecule has 0 aliphatic rings. The monoisotopic (exact) mass is 199 g/mol. The Morgan fingerprint density at radius 2 is 2.07 bits per heavy atom.